The van der Waals surface area contributed by atoms with Gasteiger partial charge >= 0.3 is 0 Å². The average Bonchev–Trinajstić information content (AvgIpc) is 3.11. The molecule has 0 radical (unpaired) electrons. The maximum absolute atomic E-state index is 12.1. The molecule has 1 fully saturated rings. The Morgan fingerprint density at radius 3 is 2.72 bits per heavy atom. The maximum atomic E-state index is 12.1. The first-order chi connectivity index (χ1) is 12.2. The summed E-state index contributed by atoms with van der Waals surface area (Å²) in [6.45, 7) is 2.51. The Labute approximate surface area is 148 Å². The molecule has 130 valence electrons. The van der Waals surface area contributed by atoms with Gasteiger partial charge in [-0.3, -0.25) is 4.79 Å². The van der Waals surface area contributed by atoms with Gasteiger partial charge in [-0.25, -0.2) is 0 Å². The zero-order chi connectivity index (χ0) is 17.6. The molecule has 0 spiro atoms. The lowest BCUT2D eigenvalue weighted by Crippen LogP contribution is -2.44. The molecule has 0 saturated carbocycles. The van der Waals surface area contributed by atoms with Crippen LogP contribution < -0.4 is 10.6 Å². The van der Waals surface area contributed by atoms with Crippen LogP contribution in [0, 0.1) is 5.92 Å². The van der Waals surface area contributed by atoms with Gasteiger partial charge in [0.25, 0.3) is 0 Å². The molecular weight excluding hydrogens is 312 g/mol. The fraction of sp³-hybridized carbons (Fsp3) is 0.333. The van der Waals surface area contributed by atoms with Crippen LogP contribution in [-0.2, 0) is 16.0 Å². The molecule has 2 aromatic rings. The Hall–Kier alpha value is -2.46. The first-order valence-electron chi connectivity index (χ1n) is 8.79. The summed E-state index contributed by atoms with van der Waals surface area (Å²) in [6, 6.07) is 18.3. The second-order valence-electron chi connectivity index (χ2n) is 6.77. The van der Waals surface area contributed by atoms with Crippen molar-refractivity contribution in [1.29, 1.82) is 0 Å². The summed E-state index contributed by atoms with van der Waals surface area (Å²) in [6.07, 6.45) is 2.49. The van der Waals surface area contributed by atoms with Crippen molar-refractivity contribution in [3.05, 3.63) is 60.2 Å². The summed E-state index contributed by atoms with van der Waals surface area (Å²) >= 11 is 0. The third-order valence-electron chi connectivity index (χ3n) is 4.67. The third-order valence-corrected chi connectivity index (χ3v) is 4.67. The average molecular weight is 336 g/mol. The highest BCUT2D eigenvalue weighted by atomic mass is 16.2. The molecule has 0 aliphatic carbocycles. The number of nitrogens with one attached hydrogen (secondary N) is 2. The minimum Gasteiger partial charge on any atom is -0.346 e. The minimum atomic E-state index is -0.434. The quantitative estimate of drug-likeness (QED) is 0.797. The van der Waals surface area contributed by atoms with E-state index in [-0.39, 0.29) is 11.9 Å². The molecule has 0 unspecified atom stereocenters. The van der Waals surface area contributed by atoms with Crippen molar-refractivity contribution in [2.45, 2.75) is 31.8 Å². The second-order valence-corrected chi connectivity index (χ2v) is 6.77. The fourth-order valence-corrected chi connectivity index (χ4v) is 3.36. The Balaban J connectivity index is 1.60. The van der Waals surface area contributed by atoms with Gasteiger partial charge in [0.2, 0.25) is 5.91 Å². The SMILES string of the molecule is C[C@@H](C=O)NC(=O)[C@H]1C[C@H](Cc2cccc(-c3ccccc3)c2)CN1. The molecule has 3 atom stereocenters. The lowest BCUT2D eigenvalue weighted by Gasteiger charge is -2.13. The van der Waals surface area contributed by atoms with E-state index in [1.165, 1.54) is 16.7 Å². The number of benzene rings is 2. The predicted octanol–water partition coefficient (Wildman–Crippen LogP) is 2.58. The van der Waals surface area contributed by atoms with Crippen LogP contribution in [0.15, 0.2) is 54.6 Å². The summed E-state index contributed by atoms with van der Waals surface area (Å²) in [4.78, 5) is 22.8. The van der Waals surface area contributed by atoms with Crippen molar-refractivity contribution in [2.24, 2.45) is 5.92 Å². The van der Waals surface area contributed by atoms with Crippen molar-refractivity contribution < 1.29 is 9.59 Å². The highest BCUT2D eigenvalue weighted by Gasteiger charge is 2.29. The van der Waals surface area contributed by atoms with Crippen LogP contribution >= 0.6 is 0 Å². The van der Waals surface area contributed by atoms with Gasteiger partial charge in [-0.15, -0.1) is 0 Å². The van der Waals surface area contributed by atoms with E-state index in [2.05, 4.69) is 47.0 Å². The molecule has 1 heterocycles. The zero-order valence-electron chi connectivity index (χ0n) is 14.4. The van der Waals surface area contributed by atoms with Gasteiger partial charge in [-0.1, -0.05) is 54.6 Å². The van der Waals surface area contributed by atoms with Crippen molar-refractivity contribution in [2.75, 3.05) is 6.54 Å². The lowest BCUT2D eigenvalue weighted by molar-refractivity contribution is -0.125. The molecule has 1 aliphatic heterocycles. The molecule has 2 N–H and O–H groups in total. The van der Waals surface area contributed by atoms with Crippen LogP contribution in [0.2, 0.25) is 0 Å². The topological polar surface area (TPSA) is 58.2 Å². The van der Waals surface area contributed by atoms with E-state index in [4.69, 9.17) is 0 Å². The first-order valence-corrected chi connectivity index (χ1v) is 8.79. The highest BCUT2D eigenvalue weighted by Crippen LogP contribution is 2.24. The van der Waals surface area contributed by atoms with Gasteiger partial charge in [0, 0.05) is 0 Å². The monoisotopic (exact) mass is 336 g/mol. The lowest BCUT2D eigenvalue weighted by atomic mass is 9.94. The van der Waals surface area contributed by atoms with E-state index >= 15 is 0 Å². The number of amides is 1. The maximum Gasteiger partial charge on any atom is 0.237 e. The molecule has 25 heavy (non-hydrogen) atoms. The fourth-order valence-electron chi connectivity index (χ4n) is 3.36. The van der Waals surface area contributed by atoms with E-state index in [9.17, 15) is 9.59 Å². The Morgan fingerprint density at radius 1 is 1.20 bits per heavy atom. The largest absolute Gasteiger partial charge is 0.346 e. The van der Waals surface area contributed by atoms with Crippen LogP contribution in [0.25, 0.3) is 11.1 Å². The van der Waals surface area contributed by atoms with Crippen LogP contribution in [0.5, 0.6) is 0 Å². The van der Waals surface area contributed by atoms with E-state index in [0.29, 0.717) is 5.92 Å². The predicted molar refractivity (Wildman–Crippen MR) is 99.1 cm³/mol. The molecule has 2 aromatic carbocycles. The molecule has 1 amide bonds. The van der Waals surface area contributed by atoms with Gasteiger partial charge in [0.1, 0.15) is 6.29 Å². The Morgan fingerprint density at radius 2 is 1.96 bits per heavy atom. The van der Waals surface area contributed by atoms with E-state index in [1.54, 1.807) is 6.92 Å². The van der Waals surface area contributed by atoms with E-state index < -0.39 is 6.04 Å². The van der Waals surface area contributed by atoms with Crippen LogP contribution in [0.1, 0.15) is 18.9 Å². The molecule has 4 nitrogen and oxygen atoms in total. The molecule has 1 aliphatic rings. The van der Waals surface area contributed by atoms with Crippen LogP contribution in [0.4, 0.5) is 0 Å². The Bertz CT molecular complexity index is 730. The molecule has 3 rings (SSSR count). The van der Waals surface area contributed by atoms with Crippen molar-refractivity contribution in [1.82, 2.24) is 10.6 Å². The zero-order valence-corrected chi connectivity index (χ0v) is 14.4. The van der Waals surface area contributed by atoms with Crippen LogP contribution in [-0.4, -0.2) is 30.8 Å². The molecule has 4 heteroatoms. The highest BCUT2D eigenvalue weighted by molar-refractivity contribution is 5.84. The summed E-state index contributed by atoms with van der Waals surface area (Å²) < 4.78 is 0. The number of aldehydes is 1. The summed E-state index contributed by atoms with van der Waals surface area (Å²) in [7, 11) is 0. The number of hydrogen-bond acceptors (Lipinski definition) is 3. The Kier molecular flexibility index (Phi) is 5.61. The van der Waals surface area contributed by atoms with Crippen molar-refractivity contribution in [3.63, 3.8) is 0 Å². The first kappa shape index (κ1) is 17.4. The normalized spacial score (nSPS) is 20.8. The summed E-state index contributed by atoms with van der Waals surface area (Å²) in [5.41, 5.74) is 3.72. The van der Waals surface area contributed by atoms with Crippen molar-refractivity contribution >= 4 is 12.2 Å². The molecule has 0 bridgehead atoms. The summed E-state index contributed by atoms with van der Waals surface area (Å²) in [5, 5.41) is 5.99. The van der Waals surface area contributed by atoms with Gasteiger partial charge in [-0.05, 0) is 48.9 Å². The summed E-state index contributed by atoms with van der Waals surface area (Å²) in [5.74, 6) is 0.341. The third kappa shape index (κ3) is 4.54. The van der Waals surface area contributed by atoms with Crippen molar-refractivity contribution in [3.8, 4) is 11.1 Å². The van der Waals surface area contributed by atoms with Gasteiger partial charge in [-0.2, -0.15) is 0 Å². The van der Waals surface area contributed by atoms with Gasteiger partial charge in [0.05, 0.1) is 12.1 Å². The smallest absolute Gasteiger partial charge is 0.237 e. The standard InChI is InChI=1S/C21H24N2O2/c1-15(14-24)23-21(25)20-12-17(13-22-20)10-16-6-5-9-19(11-16)18-7-3-2-4-8-18/h2-9,11,14-15,17,20,22H,10,12-13H2,1H3,(H,23,25)/t15-,17-,20+/m0/s1. The molecular formula is C21H24N2O2. The number of carbonyl (C=O) groups excluding carboxylic acids is 2. The van der Waals surface area contributed by atoms with Gasteiger partial charge in [0.15, 0.2) is 0 Å². The number of hydrogen-bond donors (Lipinski definition) is 2. The van der Waals surface area contributed by atoms with E-state index in [1.807, 2.05) is 18.2 Å². The number of carbonyl (C=O) groups is 2. The molecule has 0 aromatic heterocycles. The molecule has 1 saturated heterocycles. The van der Waals surface area contributed by atoms with Crippen LogP contribution in [0.3, 0.4) is 0 Å². The second kappa shape index (κ2) is 8.08. The van der Waals surface area contributed by atoms with E-state index in [0.717, 1.165) is 25.7 Å². The number of rotatable bonds is 6. The minimum absolute atomic E-state index is 0.0832. The van der Waals surface area contributed by atoms with Gasteiger partial charge < -0.3 is 15.4 Å².